The minimum atomic E-state index is -3.64. The Bertz CT molecular complexity index is 825. The summed E-state index contributed by atoms with van der Waals surface area (Å²) in [5.74, 6) is 0.474. The van der Waals surface area contributed by atoms with E-state index in [1.165, 1.54) is 16.4 Å². The lowest BCUT2D eigenvalue weighted by atomic mass is 9.84. The number of nitrogens with two attached hydrogens (primary N) is 1. The molecule has 1 aromatic carbocycles. The predicted molar refractivity (Wildman–Crippen MR) is 108 cm³/mol. The molecule has 1 amide bonds. The van der Waals surface area contributed by atoms with Crippen molar-refractivity contribution in [2.75, 3.05) is 18.4 Å². The quantitative estimate of drug-likeness (QED) is 0.762. The maximum absolute atomic E-state index is 12.8. The van der Waals surface area contributed by atoms with E-state index in [-0.39, 0.29) is 40.2 Å². The largest absolute Gasteiger partial charge is 0.327 e. The Labute approximate surface area is 171 Å². The molecule has 27 heavy (non-hydrogen) atoms. The molecule has 4 rings (SSSR count). The van der Waals surface area contributed by atoms with Crippen LogP contribution in [-0.4, -0.2) is 37.8 Å². The van der Waals surface area contributed by atoms with E-state index in [0.717, 1.165) is 32.1 Å². The molecule has 3 aliphatic rings. The van der Waals surface area contributed by atoms with Gasteiger partial charge in [0.1, 0.15) is 4.90 Å². The van der Waals surface area contributed by atoms with Crippen LogP contribution >= 0.6 is 24.0 Å². The highest BCUT2D eigenvalue weighted by atomic mass is 35.5. The highest BCUT2D eigenvalue weighted by Crippen LogP contribution is 2.48. The summed E-state index contributed by atoms with van der Waals surface area (Å²) < 4.78 is 27.1. The van der Waals surface area contributed by atoms with Gasteiger partial charge in [-0.05, 0) is 62.1 Å². The minimum absolute atomic E-state index is 0. The number of hydrogen-bond donors (Lipinski definition) is 2. The molecule has 2 aliphatic carbocycles. The molecule has 150 valence electrons. The fraction of sp³-hybridized carbons (Fsp3) is 0.611. The molecule has 1 aromatic rings. The van der Waals surface area contributed by atoms with Crippen molar-refractivity contribution >= 4 is 45.6 Å². The summed E-state index contributed by atoms with van der Waals surface area (Å²) in [6.07, 6.45) is 4.89. The minimum Gasteiger partial charge on any atom is -0.327 e. The molecule has 3 N–H and O–H groups in total. The molecular weight excluding hydrogens is 409 g/mol. The van der Waals surface area contributed by atoms with Crippen LogP contribution < -0.4 is 11.1 Å². The van der Waals surface area contributed by atoms with Crippen LogP contribution in [0.2, 0.25) is 5.02 Å². The summed E-state index contributed by atoms with van der Waals surface area (Å²) in [7, 11) is -3.64. The third kappa shape index (κ3) is 3.72. The Morgan fingerprint density at radius 3 is 2.48 bits per heavy atom. The van der Waals surface area contributed by atoms with Crippen LogP contribution in [0.5, 0.6) is 0 Å². The number of sulfonamides is 1. The number of nitrogens with one attached hydrogen (secondary N) is 1. The first-order chi connectivity index (χ1) is 12.4. The summed E-state index contributed by atoms with van der Waals surface area (Å²) in [6, 6.07) is 4.53. The summed E-state index contributed by atoms with van der Waals surface area (Å²) in [5.41, 5.74) is 6.69. The number of nitrogens with zero attached hydrogens (tertiary/aromatic N) is 1. The van der Waals surface area contributed by atoms with Crippen LogP contribution in [0.4, 0.5) is 5.69 Å². The fourth-order valence-corrected chi connectivity index (χ4v) is 6.81. The number of rotatable bonds is 4. The molecule has 1 heterocycles. The number of benzene rings is 1. The lowest BCUT2D eigenvalue weighted by molar-refractivity contribution is -0.121. The maximum Gasteiger partial charge on any atom is 0.244 e. The lowest BCUT2D eigenvalue weighted by Gasteiger charge is -2.27. The molecule has 0 spiro atoms. The molecule has 3 fully saturated rings. The topological polar surface area (TPSA) is 92.5 Å². The van der Waals surface area contributed by atoms with Gasteiger partial charge in [-0.3, -0.25) is 4.79 Å². The van der Waals surface area contributed by atoms with Crippen LogP contribution in [-0.2, 0) is 14.8 Å². The van der Waals surface area contributed by atoms with Crippen molar-refractivity contribution in [1.82, 2.24) is 4.31 Å². The molecule has 2 bridgehead atoms. The predicted octanol–water partition coefficient (Wildman–Crippen LogP) is 2.86. The normalized spacial score (nSPS) is 30.3. The summed E-state index contributed by atoms with van der Waals surface area (Å²) in [5, 5.41) is 3.04. The Hall–Kier alpha value is -0.860. The molecule has 9 heteroatoms. The number of amides is 1. The van der Waals surface area contributed by atoms with Crippen LogP contribution in [0, 0.1) is 17.8 Å². The Morgan fingerprint density at radius 1 is 1.19 bits per heavy atom. The number of halogens is 2. The van der Waals surface area contributed by atoms with E-state index in [4.69, 9.17) is 17.3 Å². The number of carbonyl (C=O) groups excluding carboxylic acids is 1. The van der Waals surface area contributed by atoms with Crippen LogP contribution in [0.1, 0.15) is 32.1 Å². The van der Waals surface area contributed by atoms with Gasteiger partial charge in [-0.1, -0.05) is 11.6 Å². The second-order valence-electron chi connectivity index (χ2n) is 7.68. The molecule has 2 saturated carbocycles. The average Bonchev–Trinajstić information content (AvgIpc) is 3.33. The standard InChI is InChI=1S/C18H24ClN3O3S.ClH/c19-14-6-5-13(10-15(14)26(24,25)22-7-1-2-8-22)21-18(23)16-11-3-4-12(9-11)17(16)20;/h5-6,10-12,16-17H,1-4,7-9,20H2,(H,21,23);1H. The van der Waals surface area contributed by atoms with Crippen molar-refractivity contribution in [2.45, 2.75) is 43.0 Å². The van der Waals surface area contributed by atoms with Gasteiger partial charge in [-0.25, -0.2) is 8.42 Å². The van der Waals surface area contributed by atoms with Crippen molar-refractivity contribution in [3.05, 3.63) is 23.2 Å². The van der Waals surface area contributed by atoms with Crippen molar-refractivity contribution in [2.24, 2.45) is 23.5 Å². The Balaban J connectivity index is 0.00000210. The van der Waals surface area contributed by atoms with Gasteiger partial charge in [-0.2, -0.15) is 4.31 Å². The molecular formula is C18H25Cl2N3O3S. The highest BCUT2D eigenvalue weighted by molar-refractivity contribution is 7.89. The number of anilines is 1. The van der Waals surface area contributed by atoms with Gasteiger partial charge < -0.3 is 11.1 Å². The first-order valence-electron chi connectivity index (χ1n) is 9.24. The Kier molecular flexibility index (Phi) is 6.08. The maximum atomic E-state index is 12.8. The molecule has 6 nitrogen and oxygen atoms in total. The monoisotopic (exact) mass is 433 g/mol. The highest BCUT2D eigenvalue weighted by Gasteiger charge is 2.49. The fourth-order valence-electron chi connectivity index (χ4n) is 4.80. The van der Waals surface area contributed by atoms with Gasteiger partial charge >= 0.3 is 0 Å². The van der Waals surface area contributed by atoms with Gasteiger partial charge in [-0.15, -0.1) is 12.4 Å². The number of carbonyl (C=O) groups is 1. The second kappa shape index (κ2) is 7.87. The molecule has 4 atom stereocenters. The molecule has 4 unspecified atom stereocenters. The van der Waals surface area contributed by atoms with E-state index < -0.39 is 10.0 Å². The van der Waals surface area contributed by atoms with Crippen molar-refractivity contribution in [3.8, 4) is 0 Å². The third-order valence-electron chi connectivity index (χ3n) is 6.16. The number of hydrogen-bond acceptors (Lipinski definition) is 4. The lowest BCUT2D eigenvalue weighted by Crippen LogP contribution is -2.42. The zero-order valence-corrected chi connectivity index (χ0v) is 17.3. The number of fused-ring (bicyclic) bond motifs is 2. The molecule has 0 radical (unpaired) electrons. The first kappa shape index (κ1) is 20.9. The van der Waals surface area contributed by atoms with Crippen molar-refractivity contribution in [1.29, 1.82) is 0 Å². The van der Waals surface area contributed by atoms with Gasteiger partial charge in [0, 0.05) is 24.8 Å². The van der Waals surface area contributed by atoms with E-state index >= 15 is 0 Å². The van der Waals surface area contributed by atoms with Crippen LogP contribution in [0.25, 0.3) is 0 Å². The molecule has 0 aromatic heterocycles. The van der Waals surface area contributed by atoms with Gasteiger partial charge in [0.2, 0.25) is 15.9 Å². The zero-order valence-electron chi connectivity index (χ0n) is 14.9. The average molecular weight is 434 g/mol. The SMILES string of the molecule is Cl.NC1C2CCC(C2)C1C(=O)Nc1ccc(Cl)c(S(=O)(=O)N2CCCC2)c1. The van der Waals surface area contributed by atoms with Gasteiger partial charge in [0.25, 0.3) is 0 Å². The van der Waals surface area contributed by atoms with Crippen molar-refractivity contribution < 1.29 is 13.2 Å². The second-order valence-corrected chi connectivity index (χ2v) is 10.00. The van der Waals surface area contributed by atoms with Crippen LogP contribution in [0.15, 0.2) is 23.1 Å². The molecule has 1 saturated heterocycles. The van der Waals surface area contributed by atoms with Gasteiger partial charge in [0.05, 0.1) is 10.9 Å². The summed E-state index contributed by atoms with van der Waals surface area (Å²) in [4.78, 5) is 12.8. The van der Waals surface area contributed by atoms with Crippen LogP contribution in [0.3, 0.4) is 0 Å². The van der Waals surface area contributed by atoms with Gasteiger partial charge in [0.15, 0.2) is 0 Å². The van der Waals surface area contributed by atoms with E-state index in [1.807, 2.05) is 0 Å². The Morgan fingerprint density at radius 2 is 1.85 bits per heavy atom. The molecule has 1 aliphatic heterocycles. The zero-order chi connectivity index (χ0) is 18.5. The van der Waals surface area contributed by atoms with E-state index in [2.05, 4.69) is 5.32 Å². The van der Waals surface area contributed by atoms with E-state index in [9.17, 15) is 13.2 Å². The van der Waals surface area contributed by atoms with E-state index in [1.54, 1.807) is 6.07 Å². The van der Waals surface area contributed by atoms with Crippen molar-refractivity contribution in [3.63, 3.8) is 0 Å². The third-order valence-corrected chi connectivity index (χ3v) is 8.55. The first-order valence-corrected chi connectivity index (χ1v) is 11.1. The van der Waals surface area contributed by atoms with E-state index in [0.29, 0.717) is 30.6 Å². The summed E-state index contributed by atoms with van der Waals surface area (Å²) in [6.45, 7) is 1.02. The summed E-state index contributed by atoms with van der Waals surface area (Å²) >= 11 is 6.16. The smallest absolute Gasteiger partial charge is 0.244 e.